The van der Waals surface area contributed by atoms with Gasteiger partial charge in [-0.05, 0) is 36.8 Å². The molecule has 1 aromatic heterocycles. The highest BCUT2D eigenvalue weighted by Crippen LogP contribution is 2.28. The van der Waals surface area contributed by atoms with Crippen LogP contribution in [0.2, 0.25) is 0 Å². The fourth-order valence-electron chi connectivity index (χ4n) is 1.54. The first-order valence-corrected chi connectivity index (χ1v) is 6.67. The Bertz CT molecular complexity index is 550. The number of ether oxygens (including phenoxy) is 1. The number of pyridine rings is 1. The van der Waals surface area contributed by atoms with Crippen molar-refractivity contribution in [3.8, 4) is 5.75 Å². The average Bonchev–Trinajstić information content (AvgIpc) is 2.47. The van der Waals surface area contributed by atoms with Gasteiger partial charge in [-0.25, -0.2) is 0 Å². The fourth-order valence-corrected chi connectivity index (χ4v) is 1.54. The molecule has 2 nitrogen and oxygen atoms in total. The van der Waals surface area contributed by atoms with E-state index in [1.54, 1.807) is 6.07 Å². The Hall–Kier alpha value is -2.04. The lowest BCUT2D eigenvalue weighted by Gasteiger charge is -2.08. The fraction of sp³-hybridized carbons (Fsp3) is 0.312. The number of benzene rings is 1. The predicted molar refractivity (Wildman–Crippen MR) is 76.1 cm³/mol. The van der Waals surface area contributed by atoms with Gasteiger partial charge in [-0.2, -0.15) is 13.2 Å². The molecular formula is C16H18F3NO. The van der Waals surface area contributed by atoms with Gasteiger partial charge < -0.3 is 4.74 Å². The molecule has 0 aliphatic carbocycles. The van der Waals surface area contributed by atoms with Gasteiger partial charge in [-0.3, -0.25) is 4.98 Å². The van der Waals surface area contributed by atoms with Gasteiger partial charge in [0.2, 0.25) is 0 Å². The van der Waals surface area contributed by atoms with E-state index < -0.39 is 11.7 Å². The van der Waals surface area contributed by atoms with Gasteiger partial charge in [0.15, 0.2) is 0 Å². The van der Waals surface area contributed by atoms with E-state index in [1.807, 2.05) is 39.0 Å². The van der Waals surface area contributed by atoms with Crippen LogP contribution in [0, 0.1) is 6.92 Å². The number of rotatable bonds is 3. The minimum atomic E-state index is -4.36. The van der Waals surface area contributed by atoms with Gasteiger partial charge in [0.25, 0.3) is 0 Å². The molecule has 0 aliphatic heterocycles. The van der Waals surface area contributed by atoms with E-state index in [4.69, 9.17) is 4.74 Å². The summed E-state index contributed by atoms with van der Waals surface area (Å²) in [6.45, 7) is 6.07. The van der Waals surface area contributed by atoms with Crippen molar-refractivity contribution < 1.29 is 17.9 Å². The normalized spacial score (nSPS) is 10.6. The van der Waals surface area contributed by atoms with Crippen molar-refractivity contribution >= 4 is 0 Å². The van der Waals surface area contributed by atoms with Gasteiger partial charge in [0.1, 0.15) is 12.4 Å². The van der Waals surface area contributed by atoms with Crippen molar-refractivity contribution in [2.75, 3.05) is 0 Å². The molecule has 21 heavy (non-hydrogen) atoms. The van der Waals surface area contributed by atoms with Gasteiger partial charge in [0.05, 0.1) is 11.3 Å². The Morgan fingerprint density at radius 1 is 1.10 bits per heavy atom. The third kappa shape index (κ3) is 5.45. The van der Waals surface area contributed by atoms with Gasteiger partial charge in [-0.1, -0.05) is 26.0 Å². The van der Waals surface area contributed by atoms with Crippen molar-refractivity contribution in [3.05, 3.63) is 59.4 Å². The van der Waals surface area contributed by atoms with Crippen LogP contribution in [0.15, 0.2) is 42.6 Å². The summed E-state index contributed by atoms with van der Waals surface area (Å²) < 4.78 is 42.5. The van der Waals surface area contributed by atoms with Crippen LogP contribution >= 0.6 is 0 Å². The molecule has 2 aromatic rings. The van der Waals surface area contributed by atoms with Crippen LogP contribution in [0.25, 0.3) is 0 Å². The Morgan fingerprint density at radius 2 is 1.81 bits per heavy atom. The lowest BCUT2D eigenvalue weighted by molar-refractivity contribution is -0.137. The molecular weight excluding hydrogens is 279 g/mol. The molecule has 114 valence electrons. The quantitative estimate of drug-likeness (QED) is 0.794. The van der Waals surface area contributed by atoms with Crippen LogP contribution in [-0.2, 0) is 12.8 Å². The largest absolute Gasteiger partial charge is 0.487 e. The van der Waals surface area contributed by atoms with E-state index in [2.05, 4.69) is 4.98 Å². The van der Waals surface area contributed by atoms with Crippen molar-refractivity contribution in [3.63, 3.8) is 0 Å². The summed E-state index contributed by atoms with van der Waals surface area (Å²) in [4.78, 5) is 3.74. The summed E-state index contributed by atoms with van der Waals surface area (Å²) in [7, 11) is 0. The Labute approximate surface area is 122 Å². The van der Waals surface area contributed by atoms with Crippen molar-refractivity contribution in [2.24, 2.45) is 0 Å². The Kier molecular flexibility index (Phi) is 6.21. The molecule has 0 bridgehead atoms. The van der Waals surface area contributed by atoms with Crippen LogP contribution in [-0.4, -0.2) is 4.98 Å². The zero-order chi connectivity index (χ0) is 15.9. The Morgan fingerprint density at radius 3 is 2.33 bits per heavy atom. The zero-order valence-corrected chi connectivity index (χ0v) is 12.2. The second kappa shape index (κ2) is 7.67. The van der Waals surface area contributed by atoms with Gasteiger partial charge in [-0.15, -0.1) is 0 Å². The maximum atomic E-state index is 12.3. The molecule has 2 rings (SSSR count). The number of halogens is 3. The monoisotopic (exact) mass is 297 g/mol. The molecule has 0 N–H and O–H groups in total. The first-order chi connectivity index (χ1) is 9.95. The highest BCUT2D eigenvalue weighted by atomic mass is 19.4. The standard InChI is InChI=1S/C14H12F3NO.C2H6/c1-10-3-2-4-13(7-10)19-9-12-6-5-11(8-18-12)14(15,16)17;1-2/h2-8H,9H2,1H3;1-2H3. The molecule has 0 atom stereocenters. The van der Waals surface area contributed by atoms with E-state index in [0.717, 1.165) is 17.8 Å². The number of alkyl halides is 3. The number of nitrogens with zero attached hydrogens (tertiary/aromatic N) is 1. The molecule has 1 aromatic carbocycles. The molecule has 0 radical (unpaired) electrons. The zero-order valence-electron chi connectivity index (χ0n) is 12.2. The van der Waals surface area contributed by atoms with Crippen LogP contribution < -0.4 is 4.74 Å². The highest BCUT2D eigenvalue weighted by Gasteiger charge is 2.30. The third-order valence-corrected chi connectivity index (χ3v) is 2.53. The summed E-state index contributed by atoms with van der Waals surface area (Å²) in [5, 5.41) is 0. The summed E-state index contributed by atoms with van der Waals surface area (Å²) in [6.07, 6.45) is -3.54. The molecule has 0 unspecified atom stereocenters. The van der Waals surface area contributed by atoms with Gasteiger partial charge in [0, 0.05) is 6.20 Å². The van der Waals surface area contributed by atoms with Gasteiger partial charge >= 0.3 is 6.18 Å². The first-order valence-electron chi connectivity index (χ1n) is 6.67. The highest BCUT2D eigenvalue weighted by molar-refractivity contribution is 5.27. The van der Waals surface area contributed by atoms with Crippen molar-refractivity contribution in [2.45, 2.75) is 33.6 Å². The maximum Gasteiger partial charge on any atom is 0.417 e. The van der Waals surface area contributed by atoms with Crippen LogP contribution in [0.1, 0.15) is 30.7 Å². The minimum absolute atomic E-state index is 0.140. The number of hydrogen-bond donors (Lipinski definition) is 0. The summed E-state index contributed by atoms with van der Waals surface area (Å²) in [5.74, 6) is 0.668. The van der Waals surface area contributed by atoms with Crippen molar-refractivity contribution in [1.82, 2.24) is 4.98 Å². The van der Waals surface area contributed by atoms with E-state index in [1.165, 1.54) is 6.07 Å². The molecule has 0 spiro atoms. The van der Waals surface area contributed by atoms with E-state index in [-0.39, 0.29) is 6.61 Å². The SMILES string of the molecule is CC.Cc1cccc(OCc2ccc(C(F)(F)F)cn2)c1. The maximum absolute atomic E-state index is 12.3. The summed E-state index contributed by atoms with van der Waals surface area (Å²) >= 11 is 0. The van der Waals surface area contributed by atoms with Crippen molar-refractivity contribution in [1.29, 1.82) is 0 Å². The predicted octanol–water partition coefficient (Wildman–Crippen LogP) is 5.01. The molecule has 0 saturated carbocycles. The smallest absolute Gasteiger partial charge is 0.417 e. The van der Waals surface area contributed by atoms with Crippen LogP contribution in [0.4, 0.5) is 13.2 Å². The molecule has 0 fully saturated rings. The molecule has 0 amide bonds. The lowest BCUT2D eigenvalue weighted by Crippen LogP contribution is -2.06. The summed E-state index contributed by atoms with van der Waals surface area (Å²) in [5.41, 5.74) is 0.749. The first kappa shape index (κ1) is 17.0. The lowest BCUT2D eigenvalue weighted by atomic mass is 10.2. The van der Waals surface area contributed by atoms with E-state index in [9.17, 15) is 13.2 Å². The summed E-state index contributed by atoms with van der Waals surface area (Å²) in [6, 6.07) is 9.75. The number of aryl methyl sites for hydroxylation is 1. The second-order valence-electron chi connectivity index (χ2n) is 4.14. The second-order valence-corrected chi connectivity index (χ2v) is 4.14. The Balaban J connectivity index is 0.00000106. The molecule has 1 heterocycles. The molecule has 0 saturated heterocycles. The van der Waals surface area contributed by atoms with Crippen LogP contribution in [0.3, 0.4) is 0 Å². The van der Waals surface area contributed by atoms with Crippen LogP contribution in [0.5, 0.6) is 5.75 Å². The average molecular weight is 297 g/mol. The minimum Gasteiger partial charge on any atom is -0.487 e. The topological polar surface area (TPSA) is 22.1 Å². The third-order valence-electron chi connectivity index (χ3n) is 2.53. The molecule has 0 aliphatic rings. The van der Waals surface area contributed by atoms with E-state index in [0.29, 0.717) is 11.4 Å². The molecule has 5 heteroatoms. The van der Waals surface area contributed by atoms with E-state index >= 15 is 0 Å². The number of aromatic nitrogens is 1. The number of hydrogen-bond acceptors (Lipinski definition) is 2.